The number of esters is 1. The maximum absolute atomic E-state index is 11.8. The summed E-state index contributed by atoms with van der Waals surface area (Å²) in [5.74, 6) is 1.24. The third-order valence-corrected chi connectivity index (χ3v) is 4.96. The first-order chi connectivity index (χ1) is 10.6. The molecule has 0 amide bonds. The lowest BCUT2D eigenvalue weighted by molar-refractivity contribution is 0.0334. The Bertz CT molecular complexity index is 579. The van der Waals surface area contributed by atoms with E-state index in [0.29, 0.717) is 40.2 Å². The lowest BCUT2D eigenvalue weighted by atomic mass is 9.85. The van der Waals surface area contributed by atoms with Gasteiger partial charge in [-0.3, -0.25) is 0 Å². The molecule has 1 unspecified atom stereocenters. The lowest BCUT2D eigenvalue weighted by Gasteiger charge is -2.35. The fourth-order valence-corrected chi connectivity index (χ4v) is 3.64. The van der Waals surface area contributed by atoms with Gasteiger partial charge in [0.05, 0.1) is 17.7 Å². The van der Waals surface area contributed by atoms with Gasteiger partial charge in [-0.1, -0.05) is 30.9 Å². The molecule has 2 aliphatic rings. The van der Waals surface area contributed by atoms with E-state index in [9.17, 15) is 4.79 Å². The molecule has 4 nitrogen and oxygen atoms in total. The highest BCUT2D eigenvalue weighted by molar-refractivity contribution is 6.32. The quantitative estimate of drug-likeness (QED) is 0.766. The smallest absolute Gasteiger partial charge is 0.338 e. The average molecular weight is 325 g/mol. The van der Waals surface area contributed by atoms with Crippen molar-refractivity contribution in [3.63, 3.8) is 0 Å². The highest BCUT2D eigenvalue weighted by atomic mass is 35.5. The van der Waals surface area contributed by atoms with Crippen LogP contribution in [0.5, 0.6) is 11.5 Å². The van der Waals surface area contributed by atoms with Gasteiger partial charge in [0, 0.05) is 5.56 Å². The number of methoxy groups -OCH3 is 1. The van der Waals surface area contributed by atoms with Gasteiger partial charge in [-0.15, -0.1) is 0 Å². The van der Waals surface area contributed by atoms with Crippen LogP contribution in [-0.4, -0.2) is 25.8 Å². The van der Waals surface area contributed by atoms with Crippen LogP contribution in [0.4, 0.5) is 0 Å². The second kappa shape index (κ2) is 6.37. The molecule has 1 aliphatic heterocycles. The Labute approximate surface area is 135 Å². The van der Waals surface area contributed by atoms with Gasteiger partial charge >= 0.3 is 5.97 Å². The van der Waals surface area contributed by atoms with Crippen molar-refractivity contribution in [2.75, 3.05) is 13.7 Å². The standard InChI is InChI=1S/C17H21ClO4/c1-10-12(17(19)20-2)8-13(18)16-15(10)21-9-14(22-16)11-6-4-3-5-7-11/h8,11,14H,3-7,9H2,1-2H3. The van der Waals surface area contributed by atoms with Crippen LogP contribution in [0, 0.1) is 12.8 Å². The second-order valence-electron chi connectivity index (χ2n) is 6.05. The van der Waals surface area contributed by atoms with E-state index in [0.717, 1.165) is 0 Å². The molecule has 1 heterocycles. The van der Waals surface area contributed by atoms with Gasteiger partial charge in [-0.05, 0) is 31.7 Å². The summed E-state index contributed by atoms with van der Waals surface area (Å²) in [6, 6.07) is 1.61. The van der Waals surface area contributed by atoms with Crippen molar-refractivity contribution in [3.8, 4) is 11.5 Å². The molecule has 22 heavy (non-hydrogen) atoms. The number of hydrogen-bond donors (Lipinski definition) is 0. The normalized spacial score (nSPS) is 21.5. The van der Waals surface area contributed by atoms with Gasteiger partial charge in [0.2, 0.25) is 0 Å². The minimum atomic E-state index is -0.416. The second-order valence-corrected chi connectivity index (χ2v) is 6.45. The molecule has 1 aromatic rings. The van der Waals surface area contributed by atoms with Crippen LogP contribution in [0.15, 0.2) is 6.07 Å². The first-order valence-corrected chi connectivity index (χ1v) is 8.20. The third kappa shape index (κ3) is 2.76. The summed E-state index contributed by atoms with van der Waals surface area (Å²) in [4.78, 5) is 11.8. The van der Waals surface area contributed by atoms with Crippen LogP contribution in [0.3, 0.4) is 0 Å². The highest BCUT2D eigenvalue weighted by Gasteiger charge is 2.33. The Morgan fingerprint density at radius 3 is 2.68 bits per heavy atom. The molecule has 5 heteroatoms. The summed E-state index contributed by atoms with van der Waals surface area (Å²) in [6.07, 6.45) is 6.23. The van der Waals surface area contributed by atoms with Gasteiger partial charge in [-0.2, -0.15) is 0 Å². The number of carbonyl (C=O) groups excluding carboxylic acids is 1. The predicted octanol–water partition coefficient (Wildman–Crippen LogP) is 4.16. The number of ether oxygens (including phenoxy) is 3. The van der Waals surface area contributed by atoms with E-state index in [1.54, 1.807) is 6.07 Å². The van der Waals surface area contributed by atoms with E-state index in [-0.39, 0.29) is 6.10 Å². The maximum atomic E-state index is 11.8. The summed E-state index contributed by atoms with van der Waals surface area (Å²) in [7, 11) is 1.35. The molecular weight excluding hydrogens is 304 g/mol. The molecule has 120 valence electrons. The monoisotopic (exact) mass is 324 g/mol. The van der Waals surface area contributed by atoms with Crippen molar-refractivity contribution in [2.45, 2.75) is 45.1 Å². The SMILES string of the molecule is COC(=O)c1cc(Cl)c2c(c1C)OCC(C1CCCCC1)O2. The topological polar surface area (TPSA) is 44.8 Å². The predicted molar refractivity (Wildman–Crippen MR) is 84.0 cm³/mol. The van der Waals surface area contributed by atoms with Crippen molar-refractivity contribution in [1.29, 1.82) is 0 Å². The lowest BCUT2D eigenvalue weighted by Crippen LogP contribution is -2.37. The molecule has 1 atom stereocenters. The Morgan fingerprint density at radius 1 is 1.27 bits per heavy atom. The first kappa shape index (κ1) is 15.5. The fraction of sp³-hybridized carbons (Fsp3) is 0.588. The van der Waals surface area contributed by atoms with Gasteiger partial charge in [-0.25, -0.2) is 4.79 Å². The van der Waals surface area contributed by atoms with E-state index < -0.39 is 5.97 Å². The summed E-state index contributed by atoms with van der Waals surface area (Å²) in [5.41, 5.74) is 1.14. The Morgan fingerprint density at radius 2 is 2.00 bits per heavy atom. The molecule has 0 radical (unpaired) electrons. The average Bonchev–Trinajstić information content (AvgIpc) is 2.57. The number of halogens is 1. The molecule has 0 aromatic heterocycles. The Balaban J connectivity index is 1.88. The van der Waals surface area contributed by atoms with E-state index in [1.165, 1.54) is 39.2 Å². The van der Waals surface area contributed by atoms with Crippen molar-refractivity contribution >= 4 is 17.6 Å². The van der Waals surface area contributed by atoms with E-state index in [1.807, 2.05) is 6.92 Å². The largest absolute Gasteiger partial charge is 0.485 e. The van der Waals surface area contributed by atoms with Gasteiger partial charge in [0.25, 0.3) is 0 Å². The molecule has 0 spiro atoms. The van der Waals surface area contributed by atoms with Crippen molar-refractivity contribution in [2.24, 2.45) is 5.92 Å². The zero-order valence-corrected chi connectivity index (χ0v) is 13.7. The first-order valence-electron chi connectivity index (χ1n) is 7.82. The van der Waals surface area contributed by atoms with Crippen LogP contribution >= 0.6 is 11.6 Å². The molecule has 0 N–H and O–H groups in total. The molecule has 1 aromatic carbocycles. The van der Waals surface area contributed by atoms with Crippen LogP contribution in [0.2, 0.25) is 5.02 Å². The summed E-state index contributed by atoms with van der Waals surface area (Å²) < 4.78 is 16.8. The molecule has 1 fully saturated rings. The van der Waals surface area contributed by atoms with Crippen LogP contribution < -0.4 is 9.47 Å². The van der Waals surface area contributed by atoms with Crippen LogP contribution in [0.1, 0.15) is 48.0 Å². The highest BCUT2D eigenvalue weighted by Crippen LogP contribution is 2.44. The van der Waals surface area contributed by atoms with Crippen molar-refractivity contribution in [3.05, 3.63) is 22.2 Å². The Hall–Kier alpha value is -1.42. The molecule has 0 bridgehead atoms. The van der Waals surface area contributed by atoms with E-state index >= 15 is 0 Å². The molecule has 1 aliphatic carbocycles. The van der Waals surface area contributed by atoms with Gasteiger partial charge < -0.3 is 14.2 Å². The number of rotatable bonds is 2. The van der Waals surface area contributed by atoms with Crippen LogP contribution in [0.25, 0.3) is 0 Å². The minimum Gasteiger partial charge on any atom is -0.485 e. The number of benzene rings is 1. The number of carbonyl (C=O) groups is 1. The van der Waals surface area contributed by atoms with Gasteiger partial charge in [0.15, 0.2) is 11.5 Å². The third-order valence-electron chi connectivity index (χ3n) is 4.68. The Kier molecular flexibility index (Phi) is 4.48. The minimum absolute atomic E-state index is 0.0497. The number of hydrogen-bond acceptors (Lipinski definition) is 4. The number of fused-ring (bicyclic) bond motifs is 1. The summed E-state index contributed by atoms with van der Waals surface area (Å²) >= 11 is 6.31. The maximum Gasteiger partial charge on any atom is 0.338 e. The summed E-state index contributed by atoms with van der Waals surface area (Å²) in [6.45, 7) is 2.34. The molecule has 3 rings (SSSR count). The molecule has 1 saturated carbocycles. The fourth-order valence-electron chi connectivity index (χ4n) is 3.40. The zero-order valence-electron chi connectivity index (χ0n) is 13.0. The zero-order chi connectivity index (χ0) is 15.7. The van der Waals surface area contributed by atoms with Crippen molar-refractivity contribution in [1.82, 2.24) is 0 Å². The summed E-state index contributed by atoms with van der Waals surface area (Å²) in [5, 5.41) is 0.404. The molecular formula is C17H21ClO4. The van der Waals surface area contributed by atoms with E-state index in [2.05, 4.69) is 0 Å². The van der Waals surface area contributed by atoms with E-state index in [4.69, 9.17) is 25.8 Å². The van der Waals surface area contributed by atoms with Crippen LogP contribution in [-0.2, 0) is 4.74 Å². The van der Waals surface area contributed by atoms with Crippen molar-refractivity contribution < 1.29 is 19.0 Å². The molecule has 0 saturated heterocycles. The van der Waals surface area contributed by atoms with Gasteiger partial charge in [0.1, 0.15) is 12.7 Å².